The van der Waals surface area contributed by atoms with E-state index in [2.05, 4.69) is 175 Å². The number of anilines is 3. The van der Waals surface area contributed by atoms with E-state index in [4.69, 9.17) is 0 Å². The summed E-state index contributed by atoms with van der Waals surface area (Å²) in [5.41, 5.74) is 17.2. The highest BCUT2D eigenvalue weighted by Crippen LogP contribution is 2.89. The van der Waals surface area contributed by atoms with Gasteiger partial charge in [-0.1, -0.05) is 152 Å². The van der Waals surface area contributed by atoms with Gasteiger partial charge >= 0.3 is 0 Å². The zero-order valence-electron chi connectivity index (χ0n) is 36.1. The van der Waals surface area contributed by atoms with Crippen LogP contribution in [0.25, 0.3) is 11.1 Å². The second-order valence-corrected chi connectivity index (χ2v) is 23.7. The highest BCUT2D eigenvalue weighted by molar-refractivity contribution is 7.99. The Labute approximate surface area is 352 Å². The summed E-state index contributed by atoms with van der Waals surface area (Å²) in [6.45, 7) is 20.1. The van der Waals surface area contributed by atoms with Crippen molar-refractivity contribution in [3.8, 4) is 11.1 Å². The first-order chi connectivity index (χ1) is 27.7. The topological polar surface area (TPSA) is 3.24 Å². The molecule has 1 aliphatic heterocycles. The Bertz CT molecular complexity index is 2480. The molecule has 5 aromatic rings. The molecule has 296 valence electrons. The molecule has 2 spiro atoms. The highest BCUT2D eigenvalue weighted by Gasteiger charge is 2.84. The average Bonchev–Trinajstić information content (AvgIpc) is 3.74. The molecule has 2 bridgehead atoms. The number of rotatable bonds is 4. The van der Waals surface area contributed by atoms with Gasteiger partial charge in [0, 0.05) is 20.8 Å². The third kappa shape index (κ3) is 4.37. The Hall–Kier alpha value is -3.75. The molecule has 0 aromatic heterocycles. The van der Waals surface area contributed by atoms with Gasteiger partial charge in [-0.25, -0.2) is 0 Å². The SMILES string of the molecule is CC1(C)CCC(C)(C)c2c(N(c3cccc4c3C(C)(C)CCC4(C)C)c3c(-c4ccccc4)ccc4c3Sc3ccccc3C43C4CC5CC6CC3C64C5)cccc21. The molecule has 6 unspecified atom stereocenters. The first-order valence-electron chi connectivity index (χ1n) is 22.8. The Morgan fingerprint density at radius 3 is 1.72 bits per heavy atom. The van der Waals surface area contributed by atoms with Crippen LogP contribution in [0, 0.1) is 29.1 Å². The van der Waals surface area contributed by atoms with Gasteiger partial charge in [0.15, 0.2) is 0 Å². The summed E-state index contributed by atoms with van der Waals surface area (Å²) in [5, 5.41) is 0. The zero-order valence-corrected chi connectivity index (χ0v) is 37.0. The van der Waals surface area contributed by atoms with Crippen LogP contribution in [0.4, 0.5) is 17.1 Å². The van der Waals surface area contributed by atoms with Crippen LogP contribution in [-0.4, -0.2) is 0 Å². The molecule has 1 nitrogen and oxygen atoms in total. The summed E-state index contributed by atoms with van der Waals surface area (Å²) in [6.07, 6.45) is 10.6. The molecule has 7 aliphatic rings. The highest BCUT2D eigenvalue weighted by atomic mass is 32.2. The first-order valence-corrected chi connectivity index (χ1v) is 23.6. The third-order valence-electron chi connectivity index (χ3n) is 18.1. The average molecular weight is 780 g/mol. The van der Waals surface area contributed by atoms with Crippen LogP contribution >= 0.6 is 11.8 Å². The molecule has 0 N–H and O–H groups in total. The van der Waals surface area contributed by atoms with Crippen LogP contribution < -0.4 is 4.90 Å². The number of hydrogen-bond donors (Lipinski definition) is 0. The van der Waals surface area contributed by atoms with Gasteiger partial charge in [0.1, 0.15) is 0 Å². The van der Waals surface area contributed by atoms with Gasteiger partial charge in [-0.3, -0.25) is 0 Å². The minimum atomic E-state index is 0.0242. The lowest BCUT2D eigenvalue weighted by molar-refractivity contribution is -0.235. The smallest absolute Gasteiger partial charge is 0.0682 e. The molecule has 12 rings (SSSR count). The lowest BCUT2D eigenvalue weighted by Gasteiger charge is -2.78. The van der Waals surface area contributed by atoms with Crippen molar-refractivity contribution in [2.75, 3.05) is 4.90 Å². The van der Waals surface area contributed by atoms with Gasteiger partial charge in [0.2, 0.25) is 0 Å². The normalized spacial score (nSPS) is 31.5. The Morgan fingerprint density at radius 2 is 1.09 bits per heavy atom. The van der Waals surface area contributed by atoms with E-state index >= 15 is 0 Å². The summed E-state index contributed by atoms with van der Waals surface area (Å²) >= 11 is 2.09. The predicted octanol–water partition coefficient (Wildman–Crippen LogP) is 15.3. The molecule has 4 fully saturated rings. The molecule has 1 heterocycles. The van der Waals surface area contributed by atoms with Crippen molar-refractivity contribution in [2.24, 2.45) is 29.1 Å². The molecule has 6 atom stereocenters. The summed E-state index contributed by atoms with van der Waals surface area (Å²) in [7, 11) is 0. The number of hydrogen-bond acceptors (Lipinski definition) is 2. The van der Waals surface area contributed by atoms with E-state index in [-0.39, 0.29) is 27.1 Å². The van der Waals surface area contributed by atoms with Crippen LogP contribution in [0.2, 0.25) is 0 Å². The largest absolute Gasteiger partial charge is 0.308 e. The maximum atomic E-state index is 2.87. The van der Waals surface area contributed by atoms with Crippen molar-refractivity contribution in [1.82, 2.24) is 0 Å². The fourth-order valence-corrected chi connectivity index (χ4v) is 16.7. The molecule has 4 saturated carbocycles. The van der Waals surface area contributed by atoms with Crippen LogP contribution in [0.5, 0.6) is 0 Å². The van der Waals surface area contributed by atoms with Gasteiger partial charge < -0.3 is 4.90 Å². The van der Waals surface area contributed by atoms with Crippen LogP contribution in [-0.2, 0) is 27.1 Å². The maximum Gasteiger partial charge on any atom is 0.0682 e. The molecule has 2 heteroatoms. The lowest BCUT2D eigenvalue weighted by Crippen LogP contribution is -2.74. The minimum Gasteiger partial charge on any atom is -0.308 e. The summed E-state index contributed by atoms with van der Waals surface area (Å²) in [6, 6.07) is 41.1. The van der Waals surface area contributed by atoms with E-state index in [0.29, 0.717) is 5.41 Å². The molecule has 0 radical (unpaired) electrons. The molecular weight excluding hydrogens is 719 g/mol. The van der Waals surface area contributed by atoms with E-state index < -0.39 is 0 Å². The van der Waals surface area contributed by atoms with Crippen molar-refractivity contribution in [3.63, 3.8) is 0 Å². The molecule has 0 saturated heterocycles. The fourth-order valence-electron chi connectivity index (χ4n) is 15.3. The Balaban J connectivity index is 1.23. The van der Waals surface area contributed by atoms with Crippen molar-refractivity contribution in [2.45, 2.75) is 144 Å². The second-order valence-electron chi connectivity index (χ2n) is 22.6. The molecule has 6 aliphatic carbocycles. The monoisotopic (exact) mass is 779 g/mol. The molecule has 58 heavy (non-hydrogen) atoms. The quantitative estimate of drug-likeness (QED) is 0.179. The van der Waals surface area contributed by atoms with E-state index in [1.165, 1.54) is 100 Å². The van der Waals surface area contributed by atoms with Crippen molar-refractivity contribution < 1.29 is 0 Å². The summed E-state index contributed by atoms with van der Waals surface area (Å²) in [4.78, 5) is 5.88. The fraction of sp³-hybridized carbons (Fsp3) is 0.464. The number of nitrogens with zero attached hydrogens (tertiary/aromatic N) is 1. The first kappa shape index (κ1) is 36.1. The van der Waals surface area contributed by atoms with Gasteiger partial charge in [-0.05, 0) is 159 Å². The number of fused-ring (bicyclic) bond motifs is 9. The van der Waals surface area contributed by atoms with Gasteiger partial charge in [0.05, 0.1) is 17.1 Å². The van der Waals surface area contributed by atoms with Gasteiger partial charge in [-0.2, -0.15) is 0 Å². The second kappa shape index (κ2) is 11.5. The van der Waals surface area contributed by atoms with Crippen LogP contribution in [0.1, 0.15) is 140 Å². The van der Waals surface area contributed by atoms with Crippen LogP contribution in [0.3, 0.4) is 0 Å². The van der Waals surface area contributed by atoms with E-state index in [0.717, 1.165) is 23.7 Å². The van der Waals surface area contributed by atoms with E-state index in [1.54, 1.807) is 22.3 Å². The van der Waals surface area contributed by atoms with Crippen molar-refractivity contribution in [1.29, 1.82) is 0 Å². The van der Waals surface area contributed by atoms with Crippen molar-refractivity contribution >= 4 is 28.8 Å². The van der Waals surface area contributed by atoms with E-state index in [9.17, 15) is 0 Å². The molecule has 0 amide bonds. The summed E-state index contributed by atoms with van der Waals surface area (Å²) in [5.74, 6) is 3.38. The van der Waals surface area contributed by atoms with Gasteiger partial charge in [0.25, 0.3) is 0 Å². The third-order valence-corrected chi connectivity index (χ3v) is 19.3. The van der Waals surface area contributed by atoms with Crippen LogP contribution in [0.15, 0.2) is 113 Å². The van der Waals surface area contributed by atoms with Gasteiger partial charge in [-0.15, -0.1) is 0 Å². The maximum absolute atomic E-state index is 2.87. The Morgan fingerprint density at radius 1 is 0.517 bits per heavy atom. The molecular formula is C56H61NS. The molecule has 5 aromatic carbocycles. The lowest BCUT2D eigenvalue weighted by atomic mass is 9.26. The standard InChI is InChI=1S/C56H61NS/c1-51(2)26-28-53(5,6)47-39(51)19-14-21-42(47)57(43-22-15-20-40-48(43)54(7,8)29-27-52(40,3)4)49-37(35-16-10-9-11-17-35)24-25-41-50(49)58-44-23-13-12-18-38(44)56(41)45-31-34-30-36-32-46(56)55(36,45)33-34/h9-25,34,36,45-46H,26-33H2,1-8H3. The zero-order chi connectivity index (χ0) is 39.8. The number of benzene rings is 5. The van der Waals surface area contributed by atoms with E-state index in [1.807, 2.05) is 0 Å². The summed E-state index contributed by atoms with van der Waals surface area (Å²) < 4.78 is 0. The Kier molecular flexibility index (Phi) is 7.19. The minimum absolute atomic E-state index is 0.0242. The predicted molar refractivity (Wildman–Crippen MR) is 243 cm³/mol. The van der Waals surface area contributed by atoms with Crippen molar-refractivity contribution in [3.05, 3.63) is 137 Å².